The Morgan fingerprint density at radius 3 is 2.36 bits per heavy atom. The minimum atomic E-state index is -3.99. The van der Waals surface area contributed by atoms with Gasteiger partial charge in [-0.05, 0) is 26.3 Å². The number of nitrogens with one attached hydrogen (secondary N) is 1. The van der Waals surface area contributed by atoms with Crippen molar-refractivity contribution in [2.75, 3.05) is 6.54 Å². The Morgan fingerprint density at radius 2 is 2.00 bits per heavy atom. The molecule has 1 heterocycles. The number of halogens is 3. The molecule has 1 fully saturated rings. The van der Waals surface area contributed by atoms with Crippen LogP contribution < -0.4 is 5.32 Å². The molecule has 0 aliphatic carbocycles. The molecular weight excluding hydrogens is 155 g/mol. The molecular formula is C7H12F3N. The molecule has 1 N–H and O–H groups in total. The lowest BCUT2D eigenvalue weighted by molar-refractivity contribution is -0.182. The number of piperidine rings is 1. The summed E-state index contributed by atoms with van der Waals surface area (Å²) in [5.74, 6) is -1.08. The highest BCUT2D eigenvalue weighted by Crippen LogP contribution is 2.33. The van der Waals surface area contributed by atoms with Crippen LogP contribution in [0.15, 0.2) is 0 Å². The highest BCUT2D eigenvalue weighted by atomic mass is 19.4. The summed E-state index contributed by atoms with van der Waals surface area (Å²) in [6.07, 6.45) is -3.53. The molecule has 0 spiro atoms. The lowest BCUT2D eigenvalue weighted by atomic mass is 9.93. The van der Waals surface area contributed by atoms with Crippen molar-refractivity contribution < 1.29 is 13.2 Å². The van der Waals surface area contributed by atoms with Crippen molar-refractivity contribution >= 4 is 0 Å². The predicted molar refractivity (Wildman–Crippen MR) is 36.2 cm³/mol. The molecule has 0 saturated carbocycles. The average Bonchev–Trinajstić information content (AvgIpc) is 1.86. The zero-order chi connectivity index (χ0) is 8.48. The number of rotatable bonds is 0. The van der Waals surface area contributed by atoms with Crippen molar-refractivity contribution in [2.45, 2.75) is 32.0 Å². The summed E-state index contributed by atoms with van der Waals surface area (Å²) < 4.78 is 36.3. The van der Waals surface area contributed by atoms with Crippen molar-refractivity contribution in [3.8, 4) is 0 Å². The molecule has 1 saturated heterocycles. The third kappa shape index (κ3) is 2.36. The van der Waals surface area contributed by atoms with Gasteiger partial charge in [-0.15, -0.1) is 0 Å². The third-order valence-corrected chi connectivity index (χ3v) is 2.09. The summed E-state index contributed by atoms with van der Waals surface area (Å²) in [6.45, 7) is 2.28. The van der Waals surface area contributed by atoms with Crippen molar-refractivity contribution in [2.24, 2.45) is 5.92 Å². The molecule has 2 atom stereocenters. The molecule has 0 aromatic heterocycles. The fourth-order valence-corrected chi connectivity index (χ4v) is 1.43. The van der Waals surface area contributed by atoms with Crippen molar-refractivity contribution in [1.29, 1.82) is 0 Å². The molecule has 1 rings (SSSR count). The quantitative estimate of drug-likeness (QED) is 0.581. The first kappa shape index (κ1) is 8.84. The normalized spacial score (nSPS) is 33.8. The molecule has 0 aromatic rings. The molecule has 1 nitrogen and oxygen atoms in total. The summed E-state index contributed by atoms with van der Waals surface area (Å²) >= 11 is 0. The molecule has 1 aliphatic heterocycles. The van der Waals surface area contributed by atoms with Crippen LogP contribution in [-0.2, 0) is 0 Å². The Labute approximate surface area is 64.0 Å². The molecule has 0 bridgehead atoms. The van der Waals surface area contributed by atoms with Gasteiger partial charge in [-0.1, -0.05) is 0 Å². The molecule has 4 heteroatoms. The maximum absolute atomic E-state index is 12.1. The second-order valence-corrected chi connectivity index (χ2v) is 3.12. The van der Waals surface area contributed by atoms with E-state index in [2.05, 4.69) is 5.32 Å². The van der Waals surface area contributed by atoms with E-state index in [1.165, 1.54) is 0 Å². The lowest BCUT2D eigenvalue weighted by Gasteiger charge is -2.29. The predicted octanol–water partition coefficient (Wildman–Crippen LogP) is 1.94. The van der Waals surface area contributed by atoms with Crippen LogP contribution in [0.5, 0.6) is 0 Å². The summed E-state index contributed by atoms with van der Waals surface area (Å²) in [5.41, 5.74) is 0. The van der Waals surface area contributed by atoms with Crippen LogP contribution in [0.2, 0.25) is 0 Å². The van der Waals surface area contributed by atoms with E-state index < -0.39 is 12.1 Å². The average molecular weight is 167 g/mol. The second kappa shape index (κ2) is 3.01. The van der Waals surface area contributed by atoms with Crippen LogP contribution >= 0.6 is 0 Å². The van der Waals surface area contributed by atoms with E-state index in [0.717, 1.165) is 0 Å². The smallest absolute Gasteiger partial charge is 0.314 e. The minimum absolute atomic E-state index is 0.00961. The van der Waals surface area contributed by atoms with Crippen LogP contribution in [-0.4, -0.2) is 18.8 Å². The third-order valence-electron chi connectivity index (χ3n) is 2.09. The van der Waals surface area contributed by atoms with E-state index >= 15 is 0 Å². The van der Waals surface area contributed by atoms with Gasteiger partial charge < -0.3 is 5.32 Å². The summed E-state index contributed by atoms with van der Waals surface area (Å²) in [5, 5.41) is 2.98. The van der Waals surface area contributed by atoms with Gasteiger partial charge in [0.2, 0.25) is 0 Å². The van der Waals surface area contributed by atoms with E-state index in [1.54, 1.807) is 6.92 Å². The van der Waals surface area contributed by atoms with Gasteiger partial charge in [0.05, 0.1) is 5.92 Å². The maximum atomic E-state index is 12.1. The van der Waals surface area contributed by atoms with Gasteiger partial charge in [-0.25, -0.2) is 0 Å². The summed E-state index contributed by atoms with van der Waals surface area (Å²) in [6, 6.07) is 0.00961. The second-order valence-electron chi connectivity index (χ2n) is 3.12. The summed E-state index contributed by atoms with van der Waals surface area (Å²) in [4.78, 5) is 0. The zero-order valence-corrected chi connectivity index (χ0v) is 6.41. The van der Waals surface area contributed by atoms with Crippen LogP contribution in [0.4, 0.5) is 13.2 Å². The van der Waals surface area contributed by atoms with Gasteiger partial charge in [0, 0.05) is 6.04 Å². The van der Waals surface area contributed by atoms with Gasteiger partial charge in [0.25, 0.3) is 0 Å². The Balaban J connectivity index is 2.46. The molecule has 0 aromatic carbocycles. The van der Waals surface area contributed by atoms with Gasteiger partial charge in [0.1, 0.15) is 0 Å². The topological polar surface area (TPSA) is 12.0 Å². The summed E-state index contributed by atoms with van der Waals surface area (Å²) in [7, 11) is 0. The fourth-order valence-electron chi connectivity index (χ4n) is 1.43. The first-order chi connectivity index (χ1) is 5.00. The Kier molecular flexibility index (Phi) is 2.42. The van der Waals surface area contributed by atoms with E-state index in [0.29, 0.717) is 6.54 Å². The van der Waals surface area contributed by atoms with E-state index in [1.807, 2.05) is 0 Å². The molecule has 1 aliphatic rings. The van der Waals surface area contributed by atoms with Crippen LogP contribution in [0.25, 0.3) is 0 Å². The van der Waals surface area contributed by atoms with E-state index in [4.69, 9.17) is 0 Å². The standard InChI is InChI=1S/C7H12F3N/c1-5-4-6(2-3-11-5)7(8,9)10/h5-6,11H,2-4H2,1H3/t5-,6+/m0/s1. The first-order valence-corrected chi connectivity index (χ1v) is 3.80. The maximum Gasteiger partial charge on any atom is 0.391 e. The van der Waals surface area contributed by atoms with Crippen molar-refractivity contribution in [3.63, 3.8) is 0 Å². The van der Waals surface area contributed by atoms with Crippen LogP contribution in [0, 0.1) is 5.92 Å². The Morgan fingerprint density at radius 1 is 1.36 bits per heavy atom. The Bertz CT molecular complexity index is 132. The molecule has 0 radical (unpaired) electrons. The number of hydrogen-bond acceptors (Lipinski definition) is 1. The van der Waals surface area contributed by atoms with Gasteiger partial charge in [0.15, 0.2) is 0 Å². The largest absolute Gasteiger partial charge is 0.391 e. The number of hydrogen-bond donors (Lipinski definition) is 1. The number of alkyl halides is 3. The van der Waals surface area contributed by atoms with E-state index in [9.17, 15) is 13.2 Å². The first-order valence-electron chi connectivity index (χ1n) is 3.80. The monoisotopic (exact) mass is 167 g/mol. The molecule has 66 valence electrons. The van der Waals surface area contributed by atoms with E-state index in [-0.39, 0.29) is 18.9 Å². The Hall–Kier alpha value is -0.250. The molecule has 11 heavy (non-hydrogen) atoms. The lowest BCUT2D eigenvalue weighted by Crippen LogP contribution is -2.41. The fraction of sp³-hybridized carbons (Fsp3) is 1.00. The van der Waals surface area contributed by atoms with Crippen molar-refractivity contribution in [3.05, 3.63) is 0 Å². The molecule has 0 amide bonds. The van der Waals surface area contributed by atoms with Gasteiger partial charge in [-0.3, -0.25) is 0 Å². The van der Waals surface area contributed by atoms with Gasteiger partial charge >= 0.3 is 6.18 Å². The van der Waals surface area contributed by atoms with Crippen LogP contribution in [0.3, 0.4) is 0 Å². The molecule has 0 unspecified atom stereocenters. The highest BCUT2D eigenvalue weighted by Gasteiger charge is 2.41. The van der Waals surface area contributed by atoms with Crippen molar-refractivity contribution in [1.82, 2.24) is 5.32 Å². The minimum Gasteiger partial charge on any atom is -0.314 e. The SMILES string of the molecule is C[C@H]1C[C@H](C(F)(F)F)CCN1. The van der Waals surface area contributed by atoms with Crippen LogP contribution in [0.1, 0.15) is 19.8 Å². The zero-order valence-electron chi connectivity index (χ0n) is 6.41. The van der Waals surface area contributed by atoms with Gasteiger partial charge in [-0.2, -0.15) is 13.2 Å². The highest BCUT2D eigenvalue weighted by molar-refractivity contribution is 4.79.